The Kier molecular flexibility index (Phi) is 5.46. The molecule has 0 saturated heterocycles. The fourth-order valence-electron chi connectivity index (χ4n) is 2.84. The van der Waals surface area contributed by atoms with Crippen molar-refractivity contribution in [1.29, 1.82) is 0 Å². The minimum absolute atomic E-state index is 0.252. The molecule has 2 aromatic carbocycles. The molecule has 1 heterocycles. The van der Waals surface area contributed by atoms with Gasteiger partial charge < -0.3 is 4.74 Å². The van der Waals surface area contributed by atoms with Crippen LogP contribution in [0.25, 0.3) is 0 Å². The average Bonchev–Trinajstić information content (AvgIpc) is 2.67. The highest BCUT2D eigenvalue weighted by Crippen LogP contribution is 2.28. The third kappa shape index (κ3) is 3.82. The molecule has 26 heavy (non-hydrogen) atoms. The molecule has 3 rings (SSSR count). The number of anilines is 1. The molecule has 1 aliphatic rings. The third-order valence-electron chi connectivity index (χ3n) is 4.34. The summed E-state index contributed by atoms with van der Waals surface area (Å²) in [6, 6.07) is 14.0. The van der Waals surface area contributed by atoms with E-state index in [4.69, 9.17) is 11.2 Å². The smallest absolute Gasteiger partial charge is 0.264 e. The average molecular weight is 367 g/mol. The number of ether oxygens (including phenoxy) is 1. The molecule has 0 atom stereocenters. The van der Waals surface area contributed by atoms with Crippen molar-refractivity contribution >= 4 is 15.7 Å². The molecule has 0 unspecified atom stereocenters. The Morgan fingerprint density at radius 1 is 1.15 bits per heavy atom. The van der Waals surface area contributed by atoms with E-state index in [0.717, 1.165) is 11.1 Å². The van der Waals surface area contributed by atoms with Crippen LogP contribution < -0.4 is 4.31 Å². The van der Waals surface area contributed by atoms with Gasteiger partial charge in [0.05, 0.1) is 30.3 Å². The van der Waals surface area contributed by atoms with Crippen LogP contribution in [0.15, 0.2) is 65.1 Å². The molecule has 0 amide bonds. The van der Waals surface area contributed by atoms with E-state index in [1.807, 2.05) is 19.1 Å². The van der Waals surface area contributed by atoms with E-state index in [1.54, 1.807) is 42.5 Å². The molecule has 0 spiro atoms. The predicted octanol–water partition coefficient (Wildman–Crippen LogP) is 3.52. The van der Waals surface area contributed by atoms with Crippen LogP contribution in [0, 0.1) is 19.3 Å². The summed E-state index contributed by atoms with van der Waals surface area (Å²) in [6.45, 7) is 3.29. The molecule has 5 heteroatoms. The molecule has 0 aromatic heterocycles. The highest BCUT2D eigenvalue weighted by atomic mass is 32.2. The largest absolute Gasteiger partial charge is 0.377 e. The maximum Gasteiger partial charge on any atom is 0.264 e. The van der Waals surface area contributed by atoms with Gasteiger partial charge in [-0.05, 0) is 43.2 Å². The molecular formula is C21H21NO3S. The summed E-state index contributed by atoms with van der Waals surface area (Å²) < 4.78 is 33.5. The normalized spacial score (nSPS) is 14.4. The van der Waals surface area contributed by atoms with Crippen molar-refractivity contribution in [2.75, 3.05) is 24.1 Å². The SMILES string of the molecule is C#Cc1ccccc1N(CC1=CCOCC1)S(=O)(=O)c1ccc(C)cc1. The topological polar surface area (TPSA) is 46.6 Å². The maximum atomic E-state index is 13.4. The fraction of sp³-hybridized carbons (Fsp3) is 0.238. The van der Waals surface area contributed by atoms with Crippen LogP contribution in [0.3, 0.4) is 0 Å². The molecule has 0 aliphatic carbocycles. The minimum Gasteiger partial charge on any atom is -0.377 e. The summed E-state index contributed by atoms with van der Waals surface area (Å²) in [7, 11) is -3.75. The molecule has 0 radical (unpaired) electrons. The second-order valence-electron chi connectivity index (χ2n) is 6.17. The van der Waals surface area contributed by atoms with Gasteiger partial charge in [-0.25, -0.2) is 8.42 Å². The lowest BCUT2D eigenvalue weighted by Crippen LogP contribution is -2.34. The van der Waals surface area contributed by atoms with Crippen LogP contribution in [-0.4, -0.2) is 28.2 Å². The van der Waals surface area contributed by atoms with Gasteiger partial charge in [-0.3, -0.25) is 4.31 Å². The van der Waals surface area contributed by atoms with Crippen molar-refractivity contribution in [3.05, 3.63) is 71.3 Å². The van der Waals surface area contributed by atoms with Crippen molar-refractivity contribution in [3.63, 3.8) is 0 Å². The number of nitrogens with zero attached hydrogens (tertiary/aromatic N) is 1. The van der Waals surface area contributed by atoms with Crippen molar-refractivity contribution < 1.29 is 13.2 Å². The van der Waals surface area contributed by atoms with Gasteiger partial charge in [0.2, 0.25) is 0 Å². The molecule has 0 N–H and O–H groups in total. The molecule has 4 nitrogen and oxygen atoms in total. The molecule has 134 valence electrons. The van der Waals surface area contributed by atoms with E-state index in [9.17, 15) is 8.42 Å². The highest BCUT2D eigenvalue weighted by Gasteiger charge is 2.27. The fourth-order valence-corrected chi connectivity index (χ4v) is 4.33. The van der Waals surface area contributed by atoms with Crippen molar-refractivity contribution in [3.8, 4) is 12.3 Å². The Labute approximate surface area is 155 Å². The third-order valence-corrected chi connectivity index (χ3v) is 6.12. The van der Waals surface area contributed by atoms with Gasteiger partial charge in [-0.15, -0.1) is 6.42 Å². The zero-order chi connectivity index (χ0) is 18.6. The van der Waals surface area contributed by atoms with Gasteiger partial charge in [-0.2, -0.15) is 0 Å². The van der Waals surface area contributed by atoms with E-state index in [0.29, 0.717) is 30.9 Å². The lowest BCUT2D eigenvalue weighted by Gasteiger charge is -2.28. The van der Waals surface area contributed by atoms with Crippen LogP contribution >= 0.6 is 0 Å². The van der Waals surface area contributed by atoms with Gasteiger partial charge in [-0.1, -0.05) is 41.8 Å². The van der Waals surface area contributed by atoms with E-state index in [2.05, 4.69) is 5.92 Å². The van der Waals surface area contributed by atoms with Gasteiger partial charge in [0, 0.05) is 5.56 Å². The second-order valence-corrected chi connectivity index (χ2v) is 8.04. The quantitative estimate of drug-likeness (QED) is 0.600. The minimum atomic E-state index is -3.75. The first kappa shape index (κ1) is 18.2. The number of sulfonamides is 1. The van der Waals surface area contributed by atoms with Crippen molar-refractivity contribution in [2.24, 2.45) is 0 Å². The van der Waals surface area contributed by atoms with E-state index in [-0.39, 0.29) is 11.4 Å². The van der Waals surface area contributed by atoms with Crippen LogP contribution in [0.5, 0.6) is 0 Å². The highest BCUT2D eigenvalue weighted by molar-refractivity contribution is 7.92. The van der Waals surface area contributed by atoms with E-state index < -0.39 is 10.0 Å². The standard InChI is InChI=1S/C21H21NO3S/c1-3-19-6-4-5-7-21(19)22(16-18-12-14-25-15-13-18)26(23,24)20-10-8-17(2)9-11-20/h1,4-12H,13-16H2,2H3. The number of hydrogen-bond acceptors (Lipinski definition) is 3. The van der Waals surface area contributed by atoms with Crippen LogP contribution in [0.1, 0.15) is 17.5 Å². The molecule has 0 bridgehead atoms. The lowest BCUT2D eigenvalue weighted by molar-refractivity contribution is 0.154. The predicted molar refractivity (Wildman–Crippen MR) is 104 cm³/mol. The van der Waals surface area contributed by atoms with E-state index in [1.165, 1.54) is 4.31 Å². The Hall–Kier alpha value is -2.55. The number of aryl methyl sites for hydroxylation is 1. The number of benzene rings is 2. The summed E-state index contributed by atoms with van der Waals surface area (Å²) in [4.78, 5) is 0.252. The first-order valence-electron chi connectivity index (χ1n) is 8.43. The first-order valence-corrected chi connectivity index (χ1v) is 9.87. The van der Waals surface area contributed by atoms with Crippen LogP contribution in [0.4, 0.5) is 5.69 Å². The Morgan fingerprint density at radius 2 is 1.88 bits per heavy atom. The molecule has 1 aliphatic heterocycles. The maximum absolute atomic E-state index is 13.4. The van der Waals surface area contributed by atoms with Gasteiger partial charge in [0.15, 0.2) is 0 Å². The lowest BCUT2D eigenvalue weighted by atomic mass is 10.1. The second kappa shape index (κ2) is 7.77. The monoisotopic (exact) mass is 367 g/mol. The van der Waals surface area contributed by atoms with Gasteiger partial charge in [0.1, 0.15) is 0 Å². The number of hydrogen-bond donors (Lipinski definition) is 0. The molecule has 0 saturated carbocycles. The van der Waals surface area contributed by atoms with E-state index >= 15 is 0 Å². The summed E-state index contributed by atoms with van der Waals surface area (Å²) in [5, 5.41) is 0. The molecule has 0 fully saturated rings. The number of rotatable bonds is 5. The summed E-state index contributed by atoms with van der Waals surface area (Å²) >= 11 is 0. The van der Waals surface area contributed by atoms with Gasteiger partial charge >= 0.3 is 0 Å². The summed E-state index contributed by atoms with van der Waals surface area (Å²) in [5.74, 6) is 2.60. The van der Waals surface area contributed by atoms with Gasteiger partial charge in [0.25, 0.3) is 10.0 Å². The van der Waals surface area contributed by atoms with Crippen LogP contribution in [0.2, 0.25) is 0 Å². The van der Waals surface area contributed by atoms with Crippen molar-refractivity contribution in [1.82, 2.24) is 0 Å². The molecule has 2 aromatic rings. The Balaban J connectivity index is 2.09. The van der Waals surface area contributed by atoms with Crippen LogP contribution in [-0.2, 0) is 14.8 Å². The Bertz CT molecular complexity index is 953. The number of para-hydroxylation sites is 1. The Morgan fingerprint density at radius 3 is 2.54 bits per heavy atom. The zero-order valence-corrected chi connectivity index (χ0v) is 15.5. The van der Waals surface area contributed by atoms with Crippen molar-refractivity contribution in [2.45, 2.75) is 18.2 Å². The summed E-state index contributed by atoms with van der Waals surface area (Å²) in [6.07, 6.45) is 8.27. The zero-order valence-electron chi connectivity index (χ0n) is 14.7. The first-order chi connectivity index (χ1) is 12.5. The number of terminal acetylenes is 1. The summed E-state index contributed by atoms with van der Waals surface area (Å²) in [5.41, 5.74) is 3.10. The molecular weight excluding hydrogens is 346 g/mol.